The number of amides is 2. The fraction of sp³-hybridized carbons (Fsp3) is 0.429. The molecule has 5 nitrogen and oxygen atoms in total. The van der Waals surface area contributed by atoms with Gasteiger partial charge in [-0.15, -0.1) is 11.3 Å². The minimum atomic E-state index is -0.242. The van der Waals surface area contributed by atoms with E-state index >= 15 is 0 Å². The van der Waals surface area contributed by atoms with Gasteiger partial charge in [-0.05, 0) is 18.6 Å². The van der Waals surface area contributed by atoms with Crippen molar-refractivity contribution in [1.29, 1.82) is 0 Å². The van der Waals surface area contributed by atoms with E-state index in [0.29, 0.717) is 19.5 Å². The lowest BCUT2D eigenvalue weighted by Crippen LogP contribution is -2.57. The Morgan fingerprint density at radius 2 is 2.30 bits per heavy atom. The number of hydrogen-bond donors (Lipinski definition) is 2. The highest BCUT2D eigenvalue weighted by atomic mass is 32.1. The summed E-state index contributed by atoms with van der Waals surface area (Å²) in [5.41, 5.74) is 5.34. The summed E-state index contributed by atoms with van der Waals surface area (Å²) < 4.78 is 0. The molecule has 0 spiro atoms. The van der Waals surface area contributed by atoms with Crippen molar-refractivity contribution in [2.24, 2.45) is 5.73 Å². The molecule has 3 N–H and O–H groups in total. The predicted octanol–water partition coefficient (Wildman–Crippen LogP) is 0.295. The molecular weight excluding hydrogens is 274 g/mol. The van der Waals surface area contributed by atoms with Gasteiger partial charge in [0.15, 0.2) is 0 Å². The Morgan fingerprint density at radius 3 is 3.00 bits per heavy atom. The predicted molar refractivity (Wildman–Crippen MR) is 77.9 cm³/mol. The van der Waals surface area contributed by atoms with Crippen LogP contribution in [-0.4, -0.2) is 35.8 Å². The Morgan fingerprint density at radius 1 is 1.50 bits per heavy atom. The Balaban J connectivity index is 2.09. The highest BCUT2D eigenvalue weighted by molar-refractivity contribution is 7.12. The smallest absolute Gasteiger partial charge is 0.243 e. The number of nitrogens with two attached hydrogens (primary N) is 1. The maximum absolute atomic E-state index is 11.8. The van der Waals surface area contributed by atoms with Gasteiger partial charge in [0.05, 0.1) is 24.0 Å². The van der Waals surface area contributed by atoms with Crippen LogP contribution in [-0.2, 0) is 16.1 Å². The fourth-order valence-electron chi connectivity index (χ4n) is 2.20. The average Bonchev–Trinajstić information content (AvgIpc) is 2.83. The van der Waals surface area contributed by atoms with E-state index in [0.717, 1.165) is 9.75 Å². The number of nitrogens with one attached hydrogen (secondary N) is 1. The summed E-state index contributed by atoms with van der Waals surface area (Å²) in [5, 5.41) is 2.38. The quantitative estimate of drug-likeness (QED) is 0.620. The van der Waals surface area contributed by atoms with Crippen LogP contribution >= 0.6 is 11.3 Å². The molecule has 106 valence electrons. The molecule has 1 aliphatic heterocycles. The van der Waals surface area contributed by atoms with E-state index in [9.17, 15) is 9.59 Å². The zero-order valence-electron chi connectivity index (χ0n) is 11.3. The van der Waals surface area contributed by atoms with Crippen molar-refractivity contribution in [3.63, 3.8) is 0 Å². The Kier molecular flexibility index (Phi) is 4.90. The first kappa shape index (κ1) is 14.7. The van der Waals surface area contributed by atoms with Gasteiger partial charge in [0.2, 0.25) is 11.8 Å². The van der Waals surface area contributed by atoms with Gasteiger partial charge in [0, 0.05) is 11.4 Å². The van der Waals surface area contributed by atoms with Crippen LogP contribution in [0.5, 0.6) is 0 Å². The van der Waals surface area contributed by atoms with E-state index in [2.05, 4.69) is 17.2 Å². The minimum absolute atomic E-state index is 0.205. The molecule has 6 heteroatoms. The van der Waals surface area contributed by atoms with Crippen LogP contribution in [0.4, 0.5) is 0 Å². The van der Waals surface area contributed by atoms with Crippen LogP contribution in [0.2, 0.25) is 0 Å². The number of carbonyl (C=O) groups is 2. The number of piperazine rings is 1. The van der Waals surface area contributed by atoms with E-state index < -0.39 is 0 Å². The maximum atomic E-state index is 11.8. The number of carbonyl (C=O) groups excluding carboxylic acids is 2. The lowest BCUT2D eigenvalue weighted by atomic mass is 10.1. The zero-order chi connectivity index (χ0) is 14.5. The van der Waals surface area contributed by atoms with Crippen LogP contribution in [0.25, 0.3) is 0 Å². The van der Waals surface area contributed by atoms with Gasteiger partial charge < -0.3 is 5.73 Å². The summed E-state index contributed by atoms with van der Waals surface area (Å²) in [6, 6.07) is 3.68. The van der Waals surface area contributed by atoms with E-state index in [1.54, 1.807) is 11.3 Å². The van der Waals surface area contributed by atoms with Crippen molar-refractivity contribution >= 4 is 23.2 Å². The Labute approximate surface area is 122 Å². The largest absolute Gasteiger partial charge is 0.320 e. The number of thiophene rings is 1. The first-order valence-corrected chi connectivity index (χ1v) is 7.31. The van der Waals surface area contributed by atoms with Crippen LogP contribution in [0.1, 0.15) is 23.1 Å². The molecule has 2 heterocycles. The van der Waals surface area contributed by atoms with Crippen LogP contribution in [0.15, 0.2) is 12.1 Å². The molecule has 0 saturated carbocycles. The third-order valence-electron chi connectivity index (χ3n) is 3.07. The third-order valence-corrected chi connectivity index (χ3v) is 4.06. The summed E-state index contributed by atoms with van der Waals surface area (Å²) in [6.45, 7) is 3.13. The number of hydrogen-bond acceptors (Lipinski definition) is 5. The number of rotatable bonds is 3. The van der Waals surface area contributed by atoms with Gasteiger partial charge in [-0.2, -0.15) is 0 Å². The van der Waals surface area contributed by atoms with Gasteiger partial charge >= 0.3 is 0 Å². The van der Waals surface area contributed by atoms with Crippen molar-refractivity contribution in [2.75, 3.05) is 13.1 Å². The van der Waals surface area contributed by atoms with E-state index in [1.807, 2.05) is 24.0 Å². The second-order valence-electron chi connectivity index (χ2n) is 4.51. The number of nitrogens with zero attached hydrogens (tertiary/aromatic N) is 1. The summed E-state index contributed by atoms with van der Waals surface area (Å²) in [6.07, 6.45) is 0.685. The molecule has 1 aromatic rings. The van der Waals surface area contributed by atoms with Crippen molar-refractivity contribution in [2.45, 2.75) is 25.9 Å². The summed E-state index contributed by atoms with van der Waals surface area (Å²) in [4.78, 5) is 27.2. The molecule has 1 aromatic heterocycles. The van der Waals surface area contributed by atoms with Crippen molar-refractivity contribution in [3.8, 4) is 11.8 Å². The summed E-state index contributed by atoms with van der Waals surface area (Å²) >= 11 is 1.57. The summed E-state index contributed by atoms with van der Waals surface area (Å²) in [5.74, 6) is 5.35. The molecule has 1 saturated heterocycles. The van der Waals surface area contributed by atoms with Crippen molar-refractivity contribution in [1.82, 2.24) is 10.2 Å². The molecule has 0 aromatic carbocycles. The molecule has 2 amide bonds. The van der Waals surface area contributed by atoms with Crippen LogP contribution < -0.4 is 11.1 Å². The highest BCUT2D eigenvalue weighted by Gasteiger charge is 2.32. The van der Waals surface area contributed by atoms with Gasteiger partial charge in [0.1, 0.15) is 0 Å². The SMILES string of the molecule is CCC1C(=O)NC(=O)CN1Cc1ccc(C#CCN)s1. The van der Waals surface area contributed by atoms with Crippen molar-refractivity contribution < 1.29 is 9.59 Å². The number of imide groups is 1. The standard InChI is InChI=1S/C14H17N3O2S/c1-2-12-14(19)16-13(18)9-17(12)8-11-6-5-10(20-11)4-3-7-15/h5-6,12H,2,7-9,15H2,1H3,(H,16,18,19). The monoisotopic (exact) mass is 291 g/mol. The average molecular weight is 291 g/mol. The van der Waals surface area contributed by atoms with Crippen molar-refractivity contribution in [3.05, 3.63) is 21.9 Å². The molecule has 1 fully saturated rings. The zero-order valence-corrected chi connectivity index (χ0v) is 12.1. The lowest BCUT2D eigenvalue weighted by molar-refractivity contribution is -0.140. The topological polar surface area (TPSA) is 75.4 Å². The fourth-order valence-corrected chi connectivity index (χ4v) is 3.11. The molecule has 1 unspecified atom stereocenters. The van der Waals surface area contributed by atoms with Gasteiger partial charge in [-0.3, -0.25) is 19.8 Å². The van der Waals surface area contributed by atoms with Crippen LogP contribution in [0, 0.1) is 11.8 Å². The second-order valence-corrected chi connectivity index (χ2v) is 5.68. The van der Waals surface area contributed by atoms with E-state index in [4.69, 9.17) is 5.73 Å². The second kappa shape index (κ2) is 6.66. The maximum Gasteiger partial charge on any atom is 0.243 e. The van der Waals surface area contributed by atoms with Crippen LogP contribution in [0.3, 0.4) is 0 Å². The molecule has 2 rings (SSSR count). The highest BCUT2D eigenvalue weighted by Crippen LogP contribution is 2.20. The van der Waals surface area contributed by atoms with Gasteiger partial charge in [0.25, 0.3) is 0 Å². The normalized spacial score (nSPS) is 19.4. The van der Waals surface area contributed by atoms with E-state index in [-0.39, 0.29) is 24.4 Å². The van der Waals surface area contributed by atoms with Gasteiger partial charge in [-0.25, -0.2) is 0 Å². The Bertz CT molecular complexity index is 570. The molecule has 0 aliphatic carbocycles. The molecular formula is C14H17N3O2S. The molecule has 1 atom stereocenters. The first-order valence-electron chi connectivity index (χ1n) is 6.49. The molecule has 0 radical (unpaired) electrons. The minimum Gasteiger partial charge on any atom is -0.320 e. The van der Waals surface area contributed by atoms with Gasteiger partial charge in [-0.1, -0.05) is 18.8 Å². The lowest BCUT2D eigenvalue weighted by Gasteiger charge is -2.32. The molecule has 1 aliphatic rings. The molecule has 20 heavy (non-hydrogen) atoms. The summed E-state index contributed by atoms with van der Waals surface area (Å²) in [7, 11) is 0. The third kappa shape index (κ3) is 3.45. The van der Waals surface area contributed by atoms with E-state index in [1.165, 1.54) is 0 Å². The Hall–Kier alpha value is -1.68. The first-order chi connectivity index (χ1) is 9.63. The molecule has 0 bridgehead atoms.